The number of aromatic nitrogens is 2. The van der Waals surface area contributed by atoms with Crippen LogP contribution in [0.4, 0.5) is 5.69 Å². The van der Waals surface area contributed by atoms with Crippen LogP contribution in [0.3, 0.4) is 0 Å². The molecular formula is C11H8ClN3O3. The van der Waals surface area contributed by atoms with Gasteiger partial charge in [-0.2, -0.15) is 0 Å². The Hall–Kier alpha value is -2.34. The quantitative estimate of drug-likeness (QED) is 0.711. The van der Waals surface area contributed by atoms with Crippen LogP contribution in [0.25, 0.3) is 0 Å². The van der Waals surface area contributed by atoms with Crippen molar-refractivity contribution in [3.05, 3.63) is 55.7 Å². The molecule has 0 unspecified atom stereocenters. The Labute approximate surface area is 106 Å². The number of halogens is 1. The van der Waals surface area contributed by atoms with Gasteiger partial charge in [0.2, 0.25) is 5.88 Å². The summed E-state index contributed by atoms with van der Waals surface area (Å²) in [6, 6.07) is 6.59. The number of benzene rings is 1. The number of hydrogen-bond acceptors (Lipinski definition) is 4. The van der Waals surface area contributed by atoms with Gasteiger partial charge in [0, 0.05) is 11.2 Å². The van der Waals surface area contributed by atoms with Gasteiger partial charge in [-0.05, 0) is 24.3 Å². The molecule has 1 aromatic heterocycles. The molecule has 0 bridgehead atoms. The summed E-state index contributed by atoms with van der Waals surface area (Å²) < 4.78 is 0. The van der Waals surface area contributed by atoms with E-state index in [-0.39, 0.29) is 5.56 Å². The Kier molecular flexibility index (Phi) is 3.29. The first kappa shape index (κ1) is 12.1. The molecule has 0 fully saturated rings. The summed E-state index contributed by atoms with van der Waals surface area (Å²) in [5.74, 6) is -0.526. The lowest BCUT2D eigenvalue weighted by atomic mass is 10.3. The van der Waals surface area contributed by atoms with Crippen LogP contribution in [0, 0.1) is 0 Å². The molecule has 0 amide bonds. The Bertz CT molecular complexity index is 701. The highest BCUT2D eigenvalue weighted by atomic mass is 35.5. The Morgan fingerprint density at radius 3 is 2.44 bits per heavy atom. The molecule has 3 N–H and O–H groups in total. The molecule has 0 aliphatic heterocycles. The van der Waals surface area contributed by atoms with E-state index in [1.54, 1.807) is 24.3 Å². The molecular weight excluding hydrogens is 258 g/mol. The molecule has 1 aromatic carbocycles. The van der Waals surface area contributed by atoms with E-state index in [9.17, 15) is 14.7 Å². The van der Waals surface area contributed by atoms with Gasteiger partial charge in [-0.3, -0.25) is 19.8 Å². The first-order valence-electron chi connectivity index (χ1n) is 4.91. The number of rotatable bonds is 2. The Morgan fingerprint density at radius 1 is 1.17 bits per heavy atom. The Morgan fingerprint density at radius 2 is 1.83 bits per heavy atom. The first-order chi connectivity index (χ1) is 8.56. The monoisotopic (exact) mass is 265 g/mol. The van der Waals surface area contributed by atoms with Gasteiger partial charge < -0.3 is 5.11 Å². The van der Waals surface area contributed by atoms with Crippen molar-refractivity contribution >= 4 is 23.5 Å². The normalized spacial score (nSPS) is 10.9. The molecule has 0 spiro atoms. The molecule has 0 atom stereocenters. The number of H-pyrrole nitrogens is 2. The lowest BCUT2D eigenvalue weighted by Crippen LogP contribution is -2.24. The van der Waals surface area contributed by atoms with Crippen molar-refractivity contribution in [3.8, 4) is 5.88 Å². The minimum absolute atomic E-state index is 0.121. The summed E-state index contributed by atoms with van der Waals surface area (Å²) in [7, 11) is 0. The smallest absolute Gasteiger partial charge is 0.328 e. The van der Waals surface area contributed by atoms with Gasteiger partial charge in [0.15, 0.2) is 0 Å². The van der Waals surface area contributed by atoms with E-state index in [0.717, 1.165) is 6.21 Å². The number of aromatic amines is 2. The lowest BCUT2D eigenvalue weighted by Gasteiger charge is -1.96. The Balaban J connectivity index is 2.38. The van der Waals surface area contributed by atoms with E-state index in [1.807, 2.05) is 4.98 Å². The van der Waals surface area contributed by atoms with Crippen molar-refractivity contribution in [3.63, 3.8) is 0 Å². The summed E-state index contributed by atoms with van der Waals surface area (Å²) in [5.41, 5.74) is -1.05. The largest absolute Gasteiger partial charge is 0.494 e. The predicted octanol–water partition coefficient (Wildman–Crippen LogP) is 1.17. The van der Waals surface area contributed by atoms with Crippen LogP contribution in [0.5, 0.6) is 5.88 Å². The molecule has 18 heavy (non-hydrogen) atoms. The molecule has 0 saturated carbocycles. The summed E-state index contributed by atoms with van der Waals surface area (Å²) in [5, 5.41) is 9.97. The highest BCUT2D eigenvalue weighted by Crippen LogP contribution is 2.16. The predicted molar refractivity (Wildman–Crippen MR) is 68.1 cm³/mol. The highest BCUT2D eigenvalue weighted by molar-refractivity contribution is 6.30. The molecule has 7 heteroatoms. The number of nitrogens with zero attached hydrogens (tertiary/aromatic N) is 1. The average Bonchev–Trinajstić information content (AvgIpc) is 2.30. The fourth-order valence-corrected chi connectivity index (χ4v) is 1.40. The van der Waals surface area contributed by atoms with Gasteiger partial charge in [0.1, 0.15) is 5.56 Å². The number of aromatic hydroxyl groups is 1. The first-order valence-corrected chi connectivity index (χ1v) is 5.29. The third-order valence-electron chi connectivity index (χ3n) is 2.13. The lowest BCUT2D eigenvalue weighted by molar-refractivity contribution is 0.447. The van der Waals surface area contributed by atoms with Crippen molar-refractivity contribution in [2.24, 2.45) is 4.99 Å². The van der Waals surface area contributed by atoms with E-state index in [2.05, 4.69) is 9.98 Å². The topological polar surface area (TPSA) is 98.3 Å². The maximum atomic E-state index is 11.4. The van der Waals surface area contributed by atoms with Gasteiger partial charge in [-0.15, -0.1) is 0 Å². The van der Waals surface area contributed by atoms with Gasteiger partial charge in [-0.1, -0.05) is 11.6 Å². The second-order valence-electron chi connectivity index (χ2n) is 3.41. The van der Waals surface area contributed by atoms with E-state index in [0.29, 0.717) is 10.7 Å². The van der Waals surface area contributed by atoms with Gasteiger partial charge in [0.05, 0.1) is 5.69 Å². The van der Waals surface area contributed by atoms with Crippen LogP contribution >= 0.6 is 11.6 Å². The van der Waals surface area contributed by atoms with Crippen LogP contribution in [0.15, 0.2) is 38.8 Å². The van der Waals surface area contributed by atoms with Crippen LogP contribution in [0.2, 0.25) is 5.02 Å². The van der Waals surface area contributed by atoms with Crippen molar-refractivity contribution in [1.29, 1.82) is 0 Å². The SMILES string of the molecule is O=c1[nH]c(O)c(C=Nc2ccc(Cl)cc2)c(=O)[nH]1. The fraction of sp³-hybridized carbons (Fsp3) is 0. The fourth-order valence-electron chi connectivity index (χ4n) is 1.27. The second kappa shape index (κ2) is 4.89. The van der Waals surface area contributed by atoms with Gasteiger partial charge in [0.25, 0.3) is 5.56 Å². The van der Waals surface area contributed by atoms with E-state index in [1.165, 1.54) is 0 Å². The van der Waals surface area contributed by atoms with Crippen molar-refractivity contribution < 1.29 is 5.11 Å². The third-order valence-corrected chi connectivity index (χ3v) is 2.38. The van der Waals surface area contributed by atoms with Crippen molar-refractivity contribution in [2.75, 3.05) is 0 Å². The third kappa shape index (κ3) is 2.67. The van der Waals surface area contributed by atoms with Crippen LogP contribution in [-0.4, -0.2) is 21.3 Å². The molecule has 0 aliphatic carbocycles. The van der Waals surface area contributed by atoms with Gasteiger partial charge >= 0.3 is 5.69 Å². The zero-order valence-electron chi connectivity index (χ0n) is 8.98. The molecule has 6 nitrogen and oxygen atoms in total. The molecule has 92 valence electrons. The summed E-state index contributed by atoms with van der Waals surface area (Å²) in [4.78, 5) is 30.3. The van der Waals surface area contributed by atoms with Crippen molar-refractivity contribution in [2.45, 2.75) is 0 Å². The average molecular weight is 266 g/mol. The van der Waals surface area contributed by atoms with Crippen LogP contribution in [0.1, 0.15) is 5.56 Å². The molecule has 1 heterocycles. The molecule has 0 saturated heterocycles. The minimum atomic E-state index is -0.777. The number of aliphatic imine (C=N–C) groups is 1. The summed E-state index contributed by atoms with van der Waals surface area (Å²) >= 11 is 5.71. The van der Waals surface area contributed by atoms with Crippen molar-refractivity contribution in [1.82, 2.24) is 9.97 Å². The molecule has 0 aliphatic rings. The van der Waals surface area contributed by atoms with E-state index in [4.69, 9.17) is 11.6 Å². The van der Waals surface area contributed by atoms with Gasteiger partial charge in [-0.25, -0.2) is 4.79 Å². The van der Waals surface area contributed by atoms with E-state index >= 15 is 0 Å². The number of hydrogen-bond donors (Lipinski definition) is 3. The summed E-state index contributed by atoms with van der Waals surface area (Å²) in [6.45, 7) is 0. The standard InChI is InChI=1S/C11H8ClN3O3/c12-6-1-3-7(4-2-6)13-5-8-9(16)14-11(18)15-10(8)17/h1-5H,(H3,14,15,16,17,18). The zero-order valence-corrected chi connectivity index (χ0v) is 9.73. The second-order valence-corrected chi connectivity index (χ2v) is 3.84. The van der Waals surface area contributed by atoms with E-state index < -0.39 is 17.1 Å². The molecule has 2 aromatic rings. The van der Waals surface area contributed by atoms with Crippen LogP contribution < -0.4 is 11.2 Å². The molecule has 0 radical (unpaired) electrons. The molecule has 2 rings (SSSR count). The maximum absolute atomic E-state index is 11.4. The zero-order chi connectivity index (χ0) is 13.1. The minimum Gasteiger partial charge on any atom is -0.494 e. The summed E-state index contributed by atoms with van der Waals surface area (Å²) in [6.07, 6.45) is 1.16. The number of nitrogens with one attached hydrogen (secondary N) is 2. The highest BCUT2D eigenvalue weighted by Gasteiger charge is 2.05. The maximum Gasteiger partial charge on any atom is 0.328 e. The van der Waals surface area contributed by atoms with Crippen LogP contribution in [-0.2, 0) is 0 Å².